The van der Waals surface area contributed by atoms with E-state index in [0.717, 1.165) is 0 Å². The summed E-state index contributed by atoms with van der Waals surface area (Å²) in [5.74, 6) is -0.273. The molecule has 0 aromatic rings. The van der Waals surface area contributed by atoms with Crippen molar-refractivity contribution in [3.8, 4) is 0 Å². The van der Waals surface area contributed by atoms with E-state index in [-0.39, 0.29) is 18.4 Å². The first kappa shape index (κ1) is 9.45. The number of rotatable bonds is 0. The predicted molar refractivity (Wildman–Crippen MR) is 48.3 cm³/mol. The quantitative estimate of drug-likeness (QED) is 0.516. The van der Waals surface area contributed by atoms with Crippen molar-refractivity contribution < 1.29 is 14.7 Å². The average molecular weight is 198 g/mol. The van der Waals surface area contributed by atoms with Crippen LogP contribution in [0, 0.1) is 0 Å². The standard InChI is InChI=1S/C9H14N2O3/c1-9(2)8(14)11-4-5(12)3-6(11)7(13)10-9/h5-6,12H,3-4H2,1-2H3,(H,10,13)/t5-,6-/m1/s1. The molecule has 0 radical (unpaired) electrons. The molecule has 0 spiro atoms. The Hall–Kier alpha value is -1.10. The third-order valence-corrected chi connectivity index (χ3v) is 2.81. The normalized spacial score (nSPS) is 35.5. The van der Waals surface area contributed by atoms with Crippen LogP contribution >= 0.6 is 0 Å². The number of carbonyl (C=O) groups excluding carboxylic acids is 2. The van der Waals surface area contributed by atoms with Crippen LogP contribution in [0.2, 0.25) is 0 Å². The van der Waals surface area contributed by atoms with Gasteiger partial charge in [-0.25, -0.2) is 0 Å². The molecule has 2 saturated heterocycles. The third kappa shape index (κ3) is 1.19. The van der Waals surface area contributed by atoms with Crippen LogP contribution in [0.25, 0.3) is 0 Å². The van der Waals surface area contributed by atoms with Gasteiger partial charge in [-0.2, -0.15) is 0 Å². The summed E-state index contributed by atoms with van der Waals surface area (Å²) in [4.78, 5) is 24.9. The summed E-state index contributed by atoms with van der Waals surface area (Å²) in [6, 6.07) is -0.467. The molecule has 2 aliphatic rings. The number of fused-ring (bicyclic) bond motifs is 1. The zero-order valence-corrected chi connectivity index (χ0v) is 8.28. The molecule has 2 heterocycles. The molecular weight excluding hydrogens is 184 g/mol. The molecule has 0 aliphatic carbocycles. The lowest BCUT2D eigenvalue weighted by Gasteiger charge is -2.39. The van der Waals surface area contributed by atoms with Crippen LogP contribution in [0.1, 0.15) is 20.3 Å². The van der Waals surface area contributed by atoms with Crippen LogP contribution in [-0.4, -0.2) is 46.1 Å². The number of piperazine rings is 1. The highest BCUT2D eigenvalue weighted by Crippen LogP contribution is 2.26. The highest BCUT2D eigenvalue weighted by Gasteiger charge is 2.49. The first-order valence-electron chi connectivity index (χ1n) is 4.73. The van der Waals surface area contributed by atoms with E-state index in [1.165, 1.54) is 4.90 Å². The summed E-state index contributed by atoms with van der Waals surface area (Å²) in [6.45, 7) is 3.63. The monoisotopic (exact) mass is 198 g/mol. The minimum atomic E-state index is -0.836. The van der Waals surface area contributed by atoms with Crippen LogP contribution in [0.4, 0.5) is 0 Å². The highest BCUT2D eigenvalue weighted by molar-refractivity contribution is 5.99. The second kappa shape index (κ2) is 2.70. The SMILES string of the molecule is CC1(C)NC(=O)[C@H]2C[C@@H](O)CN2C1=O. The molecular formula is C9H14N2O3. The Balaban J connectivity index is 2.29. The fraction of sp³-hybridized carbons (Fsp3) is 0.778. The van der Waals surface area contributed by atoms with Crippen LogP contribution in [0.5, 0.6) is 0 Å². The maximum absolute atomic E-state index is 11.8. The van der Waals surface area contributed by atoms with E-state index in [9.17, 15) is 14.7 Å². The highest BCUT2D eigenvalue weighted by atomic mass is 16.3. The summed E-state index contributed by atoms with van der Waals surface area (Å²) in [6.07, 6.45) is -0.211. The average Bonchev–Trinajstić information content (AvgIpc) is 2.43. The molecule has 2 fully saturated rings. The van der Waals surface area contributed by atoms with Crippen LogP contribution in [-0.2, 0) is 9.59 Å². The van der Waals surface area contributed by atoms with E-state index < -0.39 is 17.7 Å². The van der Waals surface area contributed by atoms with Gasteiger partial charge in [-0.1, -0.05) is 0 Å². The molecule has 2 aliphatic heterocycles. The summed E-state index contributed by atoms with van der Waals surface area (Å²) in [7, 11) is 0. The van der Waals surface area contributed by atoms with Gasteiger partial charge in [-0.3, -0.25) is 9.59 Å². The number of hydrogen-bond donors (Lipinski definition) is 2. The smallest absolute Gasteiger partial charge is 0.248 e. The second-order valence-electron chi connectivity index (χ2n) is 4.48. The molecule has 5 heteroatoms. The zero-order chi connectivity index (χ0) is 10.5. The van der Waals surface area contributed by atoms with E-state index in [0.29, 0.717) is 6.42 Å². The number of nitrogens with one attached hydrogen (secondary N) is 1. The van der Waals surface area contributed by atoms with Gasteiger partial charge in [0.25, 0.3) is 0 Å². The van der Waals surface area contributed by atoms with Crippen molar-refractivity contribution in [1.82, 2.24) is 10.2 Å². The Kier molecular flexibility index (Phi) is 1.82. The molecule has 0 unspecified atom stereocenters. The van der Waals surface area contributed by atoms with Gasteiger partial charge >= 0.3 is 0 Å². The first-order valence-corrected chi connectivity index (χ1v) is 4.73. The third-order valence-electron chi connectivity index (χ3n) is 2.81. The van der Waals surface area contributed by atoms with Gasteiger partial charge in [0.05, 0.1) is 6.10 Å². The van der Waals surface area contributed by atoms with Crippen LogP contribution in [0.3, 0.4) is 0 Å². The van der Waals surface area contributed by atoms with E-state index in [1.807, 2.05) is 0 Å². The molecule has 0 aromatic carbocycles. The number of nitrogens with zero attached hydrogens (tertiary/aromatic N) is 1. The lowest BCUT2D eigenvalue weighted by atomic mass is 9.98. The minimum absolute atomic E-state index is 0.112. The lowest BCUT2D eigenvalue weighted by Crippen LogP contribution is -2.66. The van der Waals surface area contributed by atoms with E-state index >= 15 is 0 Å². The number of aliphatic hydroxyl groups is 1. The maximum atomic E-state index is 11.8. The second-order valence-corrected chi connectivity index (χ2v) is 4.48. The molecule has 2 atom stereocenters. The Morgan fingerprint density at radius 2 is 2.14 bits per heavy atom. The zero-order valence-electron chi connectivity index (χ0n) is 8.28. The Morgan fingerprint density at radius 3 is 2.79 bits per heavy atom. The topological polar surface area (TPSA) is 69.6 Å². The summed E-state index contributed by atoms with van der Waals surface area (Å²) in [5.41, 5.74) is -0.836. The fourth-order valence-electron chi connectivity index (χ4n) is 2.09. The molecule has 5 nitrogen and oxygen atoms in total. The van der Waals surface area contributed by atoms with Crippen LogP contribution < -0.4 is 5.32 Å². The Morgan fingerprint density at radius 1 is 1.50 bits per heavy atom. The van der Waals surface area contributed by atoms with Crippen molar-refractivity contribution >= 4 is 11.8 Å². The molecule has 0 saturated carbocycles. The van der Waals surface area contributed by atoms with E-state index in [2.05, 4.69) is 5.32 Å². The van der Waals surface area contributed by atoms with Gasteiger partial charge in [-0.05, 0) is 13.8 Å². The van der Waals surface area contributed by atoms with Crippen molar-refractivity contribution in [2.75, 3.05) is 6.54 Å². The molecule has 14 heavy (non-hydrogen) atoms. The van der Waals surface area contributed by atoms with Crippen molar-refractivity contribution in [2.24, 2.45) is 0 Å². The van der Waals surface area contributed by atoms with Gasteiger partial charge in [0.1, 0.15) is 11.6 Å². The maximum Gasteiger partial charge on any atom is 0.248 e. The molecule has 2 amide bonds. The number of carbonyl (C=O) groups is 2. The molecule has 0 bridgehead atoms. The molecule has 0 aromatic heterocycles. The van der Waals surface area contributed by atoms with Crippen molar-refractivity contribution in [3.05, 3.63) is 0 Å². The lowest BCUT2D eigenvalue weighted by molar-refractivity contribution is -0.151. The Labute approximate surface area is 82.1 Å². The van der Waals surface area contributed by atoms with Crippen LogP contribution in [0.15, 0.2) is 0 Å². The van der Waals surface area contributed by atoms with Crippen molar-refractivity contribution in [2.45, 2.75) is 38.0 Å². The summed E-state index contributed by atoms with van der Waals surface area (Å²) in [5, 5.41) is 12.0. The first-order chi connectivity index (χ1) is 6.42. The van der Waals surface area contributed by atoms with Gasteiger partial charge in [0.2, 0.25) is 11.8 Å². The van der Waals surface area contributed by atoms with Crippen molar-refractivity contribution in [3.63, 3.8) is 0 Å². The summed E-state index contributed by atoms with van der Waals surface area (Å²) < 4.78 is 0. The molecule has 78 valence electrons. The number of amides is 2. The van der Waals surface area contributed by atoms with Gasteiger partial charge in [0, 0.05) is 13.0 Å². The molecule has 2 rings (SSSR count). The Bertz CT molecular complexity index is 300. The van der Waals surface area contributed by atoms with E-state index in [4.69, 9.17) is 0 Å². The predicted octanol–water partition coefficient (Wildman–Crippen LogP) is -1.14. The van der Waals surface area contributed by atoms with E-state index in [1.54, 1.807) is 13.8 Å². The summed E-state index contributed by atoms with van der Waals surface area (Å²) >= 11 is 0. The minimum Gasteiger partial charge on any atom is -0.391 e. The fourth-order valence-corrected chi connectivity index (χ4v) is 2.09. The molecule has 2 N–H and O–H groups in total. The van der Waals surface area contributed by atoms with Gasteiger partial charge in [-0.15, -0.1) is 0 Å². The number of aliphatic hydroxyl groups excluding tert-OH is 1. The van der Waals surface area contributed by atoms with Gasteiger partial charge in [0.15, 0.2) is 0 Å². The number of hydrogen-bond acceptors (Lipinski definition) is 3. The largest absolute Gasteiger partial charge is 0.391 e. The van der Waals surface area contributed by atoms with Gasteiger partial charge < -0.3 is 15.3 Å². The van der Waals surface area contributed by atoms with Crippen molar-refractivity contribution in [1.29, 1.82) is 0 Å².